The summed E-state index contributed by atoms with van der Waals surface area (Å²) in [6.07, 6.45) is 0. The van der Waals surface area contributed by atoms with E-state index < -0.39 is 0 Å². The monoisotopic (exact) mass is 425 g/mol. The van der Waals surface area contributed by atoms with Crippen LogP contribution in [-0.4, -0.2) is 54.3 Å². The number of hydrogen-bond donors (Lipinski definition) is 1. The van der Waals surface area contributed by atoms with Gasteiger partial charge in [0.25, 0.3) is 0 Å². The van der Waals surface area contributed by atoms with Gasteiger partial charge in [-0.3, -0.25) is 14.5 Å². The molecule has 0 aliphatic carbocycles. The molecule has 138 valence electrons. The molecule has 1 saturated heterocycles. The van der Waals surface area contributed by atoms with Crippen molar-refractivity contribution in [2.75, 3.05) is 38.0 Å². The van der Waals surface area contributed by atoms with Gasteiger partial charge in [0.05, 0.1) is 32.3 Å². The van der Waals surface area contributed by atoms with Gasteiger partial charge >= 0.3 is 0 Å². The predicted molar refractivity (Wildman–Crippen MR) is 103 cm³/mol. The van der Waals surface area contributed by atoms with Crippen molar-refractivity contribution in [2.45, 2.75) is 13.8 Å². The maximum Gasteiger partial charge on any atom is 0.238 e. The molecule has 2 rings (SSSR count). The zero-order chi connectivity index (χ0) is 18.7. The smallest absolute Gasteiger partial charge is 0.238 e. The van der Waals surface area contributed by atoms with E-state index in [0.29, 0.717) is 26.2 Å². The maximum atomic E-state index is 12.3. The number of amides is 2. The van der Waals surface area contributed by atoms with E-state index >= 15 is 0 Å². The van der Waals surface area contributed by atoms with Crippen LogP contribution in [0.1, 0.15) is 13.8 Å². The van der Waals surface area contributed by atoms with Crippen LogP contribution >= 0.6 is 46.4 Å². The minimum atomic E-state index is -0.272. The summed E-state index contributed by atoms with van der Waals surface area (Å²) >= 11 is 24.1. The lowest BCUT2D eigenvalue weighted by atomic mass is 10.1. The third-order valence-electron chi connectivity index (χ3n) is 3.92. The molecule has 1 fully saturated rings. The van der Waals surface area contributed by atoms with Gasteiger partial charge in [-0.05, 0) is 6.07 Å². The summed E-state index contributed by atoms with van der Waals surface area (Å²) in [5, 5.41) is 3.40. The lowest BCUT2D eigenvalue weighted by Crippen LogP contribution is -2.51. The summed E-state index contributed by atoms with van der Waals surface area (Å²) in [5.74, 6) is -0.159. The van der Waals surface area contributed by atoms with E-state index in [4.69, 9.17) is 46.4 Å². The van der Waals surface area contributed by atoms with Crippen molar-refractivity contribution < 1.29 is 9.59 Å². The summed E-state index contributed by atoms with van der Waals surface area (Å²) in [7, 11) is 0. The van der Waals surface area contributed by atoms with E-state index in [1.165, 1.54) is 6.07 Å². The van der Waals surface area contributed by atoms with Gasteiger partial charge in [-0.25, -0.2) is 0 Å². The van der Waals surface area contributed by atoms with E-state index in [9.17, 15) is 9.59 Å². The molecule has 0 saturated carbocycles. The van der Waals surface area contributed by atoms with E-state index in [1.54, 1.807) is 0 Å². The Balaban J connectivity index is 1.94. The molecule has 25 heavy (non-hydrogen) atoms. The second-order valence-corrected chi connectivity index (χ2v) is 7.72. The Morgan fingerprint density at radius 3 is 2.04 bits per heavy atom. The van der Waals surface area contributed by atoms with Crippen LogP contribution in [0.4, 0.5) is 5.69 Å². The standard InChI is InChI=1S/C16H19Cl4N3O2/c1-9(2)16(25)23-5-3-22(4-6-23)8-12(24)21-15-13(19)10(17)7-11(18)14(15)20/h7,9H,3-6,8H2,1-2H3,(H,21,24). The van der Waals surface area contributed by atoms with Crippen LogP contribution in [0.25, 0.3) is 0 Å². The molecule has 0 radical (unpaired) electrons. The van der Waals surface area contributed by atoms with Crippen molar-refractivity contribution in [1.82, 2.24) is 9.80 Å². The molecular formula is C16H19Cl4N3O2. The molecule has 5 nitrogen and oxygen atoms in total. The van der Waals surface area contributed by atoms with Gasteiger partial charge < -0.3 is 10.2 Å². The third kappa shape index (κ3) is 5.14. The number of carbonyl (C=O) groups is 2. The molecule has 0 unspecified atom stereocenters. The Hall–Kier alpha value is -0.720. The molecular weight excluding hydrogens is 408 g/mol. The number of hydrogen-bond acceptors (Lipinski definition) is 3. The van der Waals surface area contributed by atoms with Gasteiger partial charge in [0.2, 0.25) is 11.8 Å². The fraction of sp³-hybridized carbons (Fsp3) is 0.500. The molecule has 9 heteroatoms. The second-order valence-electron chi connectivity index (χ2n) is 6.15. The summed E-state index contributed by atoms with van der Waals surface area (Å²) in [6, 6.07) is 1.42. The average molecular weight is 427 g/mol. The lowest BCUT2D eigenvalue weighted by Gasteiger charge is -2.35. The fourth-order valence-corrected chi connectivity index (χ4v) is 3.46. The third-order valence-corrected chi connectivity index (χ3v) is 5.50. The first kappa shape index (κ1) is 20.6. The number of nitrogens with one attached hydrogen (secondary N) is 1. The molecule has 0 atom stereocenters. The molecule has 0 spiro atoms. The highest BCUT2D eigenvalue weighted by atomic mass is 35.5. The molecule has 0 aromatic heterocycles. The first-order chi connectivity index (χ1) is 11.7. The second kappa shape index (κ2) is 8.78. The summed E-state index contributed by atoms with van der Waals surface area (Å²) < 4.78 is 0. The van der Waals surface area contributed by atoms with E-state index in [0.717, 1.165) is 0 Å². The quantitative estimate of drug-likeness (QED) is 0.739. The van der Waals surface area contributed by atoms with E-state index in [-0.39, 0.29) is 50.1 Å². The van der Waals surface area contributed by atoms with Crippen molar-refractivity contribution in [3.8, 4) is 0 Å². The Bertz CT molecular complexity index is 648. The van der Waals surface area contributed by atoms with E-state index in [2.05, 4.69) is 5.32 Å². The highest BCUT2D eigenvalue weighted by molar-refractivity contribution is 6.50. The number of carbonyl (C=O) groups excluding carboxylic acids is 2. The minimum Gasteiger partial charge on any atom is -0.340 e. The molecule has 1 aliphatic heterocycles. The van der Waals surface area contributed by atoms with Gasteiger partial charge in [0, 0.05) is 32.1 Å². The first-order valence-corrected chi connectivity index (χ1v) is 9.36. The van der Waals surface area contributed by atoms with Crippen LogP contribution in [0.5, 0.6) is 0 Å². The molecule has 1 aliphatic rings. The molecule has 1 heterocycles. The van der Waals surface area contributed by atoms with Crippen molar-refractivity contribution >= 4 is 63.9 Å². The Kier molecular flexibility index (Phi) is 7.23. The number of rotatable bonds is 4. The largest absolute Gasteiger partial charge is 0.340 e. The summed E-state index contributed by atoms with van der Waals surface area (Å²) in [6.45, 7) is 6.40. The van der Waals surface area contributed by atoms with Crippen molar-refractivity contribution in [3.05, 3.63) is 26.2 Å². The summed E-state index contributed by atoms with van der Waals surface area (Å²) in [5.41, 5.74) is 0.208. The fourth-order valence-electron chi connectivity index (χ4n) is 2.56. The molecule has 1 aromatic carbocycles. The van der Waals surface area contributed by atoms with Crippen LogP contribution in [0.15, 0.2) is 6.07 Å². The van der Waals surface area contributed by atoms with Crippen LogP contribution in [0.2, 0.25) is 20.1 Å². The molecule has 1 N–H and O–H groups in total. The van der Waals surface area contributed by atoms with Crippen LogP contribution < -0.4 is 5.32 Å². The zero-order valence-corrected chi connectivity index (χ0v) is 16.9. The zero-order valence-electron chi connectivity index (χ0n) is 13.9. The lowest BCUT2D eigenvalue weighted by molar-refractivity contribution is -0.136. The number of piperazine rings is 1. The van der Waals surface area contributed by atoms with Crippen molar-refractivity contribution in [1.29, 1.82) is 0 Å². The highest BCUT2D eigenvalue weighted by Crippen LogP contribution is 2.40. The number of benzene rings is 1. The Labute approximate surface area is 167 Å². The Morgan fingerprint density at radius 1 is 1.04 bits per heavy atom. The molecule has 0 bridgehead atoms. The molecule has 1 aromatic rings. The molecule has 2 amide bonds. The van der Waals surface area contributed by atoms with Gasteiger partial charge in [-0.15, -0.1) is 0 Å². The van der Waals surface area contributed by atoms with E-state index in [1.807, 2.05) is 23.6 Å². The predicted octanol–water partition coefficient (Wildman–Crippen LogP) is 4.04. The van der Waals surface area contributed by atoms with Gasteiger partial charge in [0.1, 0.15) is 0 Å². The number of anilines is 1. The summed E-state index contributed by atoms with van der Waals surface area (Å²) in [4.78, 5) is 28.1. The normalized spacial score (nSPS) is 15.6. The number of nitrogens with zero attached hydrogens (tertiary/aromatic N) is 2. The van der Waals surface area contributed by atoms with Crippen LogP contribution in [0, 0.1) is 5.92 Å². The van der Waals surface area contributed by atoms with Crippen molar-refractivity contribution in [3.63, 3.8) is 0 Å². The highest BCUT2D eigenvalue weighted by Gasteiger charge is 2.24. The average Bonchev–Trinajstić information content (AvgIpc) is 2.57. The Morgan fingerprint density at radius 2 is 1.56 bits per heavy atom. The topological polar surface area (TPSA) is 52.7 Å². The first-order valence-electron chi connectivity index (χ1n) is 7.84. The van der Waals surface area contributed by atoms with Gasteiger partial charge in [0.15, 0.2) is 0 Å². The SMILES string of the molecule is CC(C)C(=O)N1CCN(CC(=O)Nc2c(Cl)c(Cl)cc(Cl)c2Cl)CC1. The van der Waals surface area contributed by atoms with Gasteiger partial charge in [-0.1, -0.05) is 60.3 Å². The minimum absolute atomic E-state index is 0.0216. The van der Waals surface area contributed by atoms with Gasteiger partial charge in [-0.2, -0.15) is 0 Å². The van der Waals surface area contributed by atoms with Crippen LogP contribution in [-0.2, 0) is 9.59 Å². The number of halogens is 4. The van der Waals surface area contributed by atoms with Crippen molar-refractivity contribution in [2.24, 2.45) is 5.92 Å². The maximum absolute atomic E-state index is 12.3. The van der Waals surface area contributed by atoms with Crippen LogP contribution in [0.3, 0.4) is 0 Å².